The number of pyridine rings is 1. The quantitative estimate of drug-likeness (QED) is 0.738. The normalized spacial score (nSPS) is 18.3. The zero-order valence-electron chi connectivity index (χ0n) is 13.0. The first-order chi connectivity index (χ1) is 11.4. The van der Waals surface area contributed by atoms with Crippen molar-refractivity contribution in [1.29, 1.82) is 0 Å². The van der Waals surface area contributed by atoms with Gasteiger partial charge in [-0.15, -0.1) is 0 Å². The van der Waals surface area contributed by atoms with Crippen molar-refractivity contribution in [3.05, 3.63) is 78.5 Å². The lowest BCUT2D eigenvalue weighted by Gasteiger charge is -2.24. The fraction of sp³-hybridized carbons (Fsp3) is 0.263. The van der Waals surface area contributed by atoms with Crippen LogP contribution >= 0.6 is 0 Å². The van der Waals surface area contributed by atoms with Crippen LogP contribution in [0.15, 0.2) is 67.3 Å². The molecule has 1 aromatic carbocycles. The van der Waals surface area contributed by atoms with E-state index in [-0.39, 0.29) is 0 Å². The van der Waals surface area contributed by atoms with Gasteiger partial charge in [-0.2, -0.15) is 0 Å². The second-order valence-electron chi connectivity index (χ2n) is 6.00. The molecule has 0 saturated carbocycles. The summed E-state index contributed by atoms with van der Waals surface area (Å²) in [6, 6.07) is 17.4. The molecule has 1 saturated heterocycles. The first-order valence-corrected chi connectivity index (χ1v) is 8.13. The average molecular weight is 304 g/mol. The predicted octanol–water partition coefficient (Wildman–Crippen LogP) is 3.60. The number of benzene rings is 1. The molecule has 3 aromatic rings. The second kappa shape index (κ2) is 6.34. The van der Waals surface area contributed by atoms with E-state index >= 15 is 0 Å². The van der Waals surface area contributed by atoms with Crippen molar-refractivity contribution in [2.45, 2.75) is 25.4 Å². The van der Waals surface area contributed by atoms with Gasteiger partial charge in [0, 0.05) is 18.9 Å². The Morgan fingerprint density at radius 1 is 1.04 bits per heavy atom. The van der Waals surface area contributed by atoms with Crippen LogP contribution in [-0.2, 0) is 6.54 Å². The lowest BCUT2D eigenvalue weighted by Crippen LogP contribution is -2.23. The van der Waals surface area contributed by atoms with Crippen LogP contribution in [0.3, 0.4) is 0 Å². The molecular weight excluding hydrogens is 284 g/mol. The molecule has 3 heterocycles. The minimum atomic E-state index is 0.402. The van der Waals surface area contributed by atoms with Gasteiger partial charge in [-0.3, -0.25) is 9.47 Å². The third kappa shape index (κ3) is 3.03. The minimum Gasteiger partial charge on any atom is -0.291 e. The smallest absolute Gasteiger partial charge is 0.138 e. The molecule has 116 valence electrons. The fourth-order valence-electron chi connectivity index (χ4n) is 3.33. The Morgan fingerprint density at radius 3 is 2.78 bits per heavy atom. The van der Waals surface area contributed by atoms with Crippen molar-refractivity contribution in [2.75, 3.05) is 6.54 Å². The van der Waals surface area contributed by atoms with Crippen LogP contribution in [0.25, 0.3) is 5.82 Å². The van der Waals surface area contributed by atoms with Crippen molar-refractivity contribution in [1.82, 2.24) is 19.4 Å². The summed E-state index contributed by atoms with van der Waals surface area (Å²) in [6.07, 6.45) is 7.92. The van der Waals surface area contributed by atoms with Crippen LogP contribution in [0, 0.1) is 0 Å². The Morgan fingerprint density at radius 2 is 1.96 bits per heavy atom. The van der Waals surface area contributed by atoms with Crippen molar-refractivity contribution in [2.24, 2.45) is 0 Å². The maximum atomic E-state index is 4.87. The second-order valence-corrected chi connectivity index (χ2v) is 6.00. The van der Waals surface area contributed by atoms with Gasteiger partial charge >= 0.3 is 0 Å². The summed E-state index contributed by atoms with van der Waals surface area (Å²) in [6.45, 7) is 2.12. The summed E-state index contributed by atoms with van der Waals surface area (Å²) < 4.78 is 1.96. The molecule has 4 nitrogen and oxygen atoms in total. The van der Waals surface area contributed by atoms with E-state index in [4.69, 9.17) is 4.98 Å². The zero-order valence-corrected chi connectivity index (χ0v) is 13.0. The first-order valence-electron chi connectivity index (χ1n) is 8.13. The maximum Gasteiger partial charge on any atom is 0.138 e. The largest absolute Gasteiger partial charge is 0.291 e. The van der Waals surface area contributed by atoms with E-state index in [0.717, 1.165) is 24.6 Å². The fourth-order valence-corrected chi connectivity index (χ4v) is 3.33. The summed E-state index contributed by atoms with van der Waals surface area (Å²) in [5.41, 5.74) is 2.52. The van der Waals surface area contributed by atoms with Crippen LogP contribution in [0.1, 0.15) is 30.1 Å². The van der Waals surface area contributed by atoms with E-state index in [1.54, 1.807) is 12.5 Å². The molecule has 0 amide bonds. The van der Waals surface area contributed by atoms with Crippen LogP contribution < -0.4 is 0 Å². The number of nitrogens with zero attached hydrogens (tertiary/aromatic N) is 4. The third-order valence-corrected chi connectivity index (χ3v) is 4.46. The first kappa shape index (κ1) is 14.2. The highest BCUT2D eigenvalue weighted by Crippen LogP contribution is 2.32. The Labute approximate surface area is 136 Å². The Bertz CT molecular complexity index is 752. The average Bonchev–Trinajstić information content (AvgIpc) is 3.28. The molecule has 0 spiro atoms. The molecule has 0 unspecified atom stereocenters. The van der Waals surface area contributed by atoms with Crippen LogP contribution in [0.5, 0.6) is 0 Å². The van der Waals surface area contributed by atoms with Gasteiger partial charge < -0.3 is 0 Å². The number of aromatic nitrogens is 3. The summed E-state index contributed by atoms with van der Waals surface area (Å²) in [4.78, 5) is 11.5. The van der Waals surface area contributed by atoms with Crippen LogP contribution in [0.4, 0.5) is 0 Å². The standard InChI is InChI=1S/C19H20N4/c1-2-6-16(7-3-1)14-22-12-5-9-18(22)17-8-4-10-19(21-17)23-13-11-20-15-23/h1-4,6-8,10-11,13,15,18H,5,9,12,14H2/t18-/m0/s1. The molecule has 23 heavy (non-hydrogen) atoms. The van der Waals surface area contributed by atoms with Gasteiger partial charge in [0.1, 0.15) is 12.1 Å². The summed E-state index contributed by atoms with van der Waals surface area (Å²) in [5, 5.41) is 0. The van der Waals surface area contributed by atoms with E-state index in [1.807, 2.05) is 16.8 Å². The minimum absolute atomic E-state index is 0.402. The number of rotatable bonds is 4. The van der Waals surface area contributed by atoms with Crippen molar-refractivity contribution >= 4 is 0 Å². The Balaban J connectivity index is 1.58. The van der Waals surface area contributed by atoms with E-state index in [0.29, 0.717) is 6.04 Å². The predicted molar refractivity (Wildman–Crippen MR) is 90.2 cm³/mol. The molecule has 0 radical (unpaired) electrons. The van der Waals surface area contributed by atoms with Gasteiger partial charge in [-0.1, -0.05) is 36.4 Å². The Hall–Kier alpha value is -2.46. The Kier molecular flexibility index (Phi) is 3.90. The van der Waals surface area contributed by atoms with Crippen molar-refractivity contribution in [3.8, 4) is 5.82 Å². The van der Waals surface area contributed by atoms with Crippen molar-refractivity contribution in [3.63, 3.8) is 0 Å². The van der Waals surface area contributed by atoms with Gasteiger partial charge in [-0.05, 0) is 37.1 Å². The molecule has 1 fully saturated rings. The molecule has 0 aliphatic carbocycles. The van der Waals surface area contributed by atoms with Gasteiger partial charge in [0.05, 0.1) is 11.7 Å². The molecule has 0 bridgehead atoms. The molecule has 0 N–H and O–H groups in total. The zero-order chi connectivity index (χ0) is 15.5. The van der Waals surface area contributed by atoms with E-state index in [1.165, 1.54) is 18.4 Å². The lowest BCUT2D eigenvalue weighted by atomic mass is 10.1. The SMILES string of the molecule is c1ccc(CN2CCC[C@H]2c2cccc(-n3ccnc3)n2)cc1. The van der Waals surface area contributed by atoms with Gasteiger partial charge in [-0.25, -0.2) is 9.97 Å². The van der Waals surface area contributed by atoms with Crippen LogP contribution in [0.2, 0.25) is 0 Å². The topological polar surface area (TPSA) is 34.0 Å². The molecule has 4 heteroatoms. The molecule has 4 rings (SSSR count). The summed E-state index contributed by atoms with van der Waals surface area (Å²) in [7, 11) is 0. The highest BCUT2D eigenvalue weighted by molar-refractivity contribution is 5.26. The monoisotopic (exact) mass is 304 g/mol. The number of likely N-dealkylation sites (tertiary alicyclic amines) is 1. The highest BCUT2D eigenvalue weighted by atomic mass is 15.2. The van der Waals surface area contributed by atoms with Crippen LogP contribution in [-0.4, -0.2) is 26.0 Å². The van der Waals surface area contributed by atoms with Crippen molar-refractivity contribution < 1.29 is 0 Å². The number of hydrogen-bond donors (Lipinski definition) is 0. The molecular formula is C19H20N4. The van der Waals surface area contributed by atoms with Gasteiger partial charge in [0.15, 0.2) is 0 Å². The molecule has 2 aromatic heterocycles. The molecule has 1 atom stereocenters. The van der Waals surface area contributed by atoms with Gasteiger partial charge in [0.2, 0.25) is 0 Å². The van der Waals surface area contributed by atoms with E-state index in [2.05, 4.69) is 52.3 Å². The third-order valence-electron chi connectivity index (χ3n) is 4.46. The number of imidazole rings is 1. The lowest BCUT2D eigenvalue weighted by molar-refractivity contribution is 0.244. The van der Waals surface area contributed by atoms with E-state index < -0.39 is 0 Å². The highest BCUT2D eigenvalue weighted by Gasteiger charge is 2.27. The van der Waals surface area contributed by atoms with E-state index in [9.17, 15) is 0 Å². The summed E-state index contributed by atoms with van der Waals surface area (Å²) >= 11 is 0. The molecule has 1 aliphatic heterocycles. The number of hydrogen-bond acceptors (Lipinski definition) is 3. The molecule has 1 aliphatic rings. The summed E-state index contributed by atoms with van der Waals surface area (Å²) in [5.74, 6) is 0.937. The van der Waals surface area contributed by atoms with Gasteiger partial charge in [0.25, 0.3) is 0 Å². The maximum absolute atomic E-state index is 4.87.